The van der Waals surface area contributed by atoms with Crippen molar-refractivity contribution in [3.05, 3.63) is 93.0 Å². The lowest BCUT2D eigenvalue weighted by Gasteiger charge is -2.12. The van der Waals surface area contributed by atoms with Crippen LogP contribution < -0.4 is 19.6 Å². The predicted octanol–water partition coefficient (Wildman–Crippen LogP) is 4.26. The van der Waals surface area contributed by atoms with Crippen LogP contribution in [0.25, 0.3) is 0 Å². The van der Waals surface area contributed by atoms with E-state index in [1.54, 1.807) is 30.3 Å². The zero-order valence-corrected chi connectivity index (χ0v) is 18.4. The van der Waals surface area contributed by atoms with Crippen LogP contribution in [-0.4, -0.2) is 31.3 Å². The number of hydrogen-bond acceptors (Lipinski definition) is 7. The molecule has 3 aromatic rings. The van der Waals surface area contributed by atoms with Gasteiger partial charge in [-0.3, -0.25) is 14.9 Å². The number of hydrogen-bond donors (Lipinski definition) is 1. The molecule has 0 fully saturated rings. The van der Waals surface area contributed by atoms with Crippen LogP contribution in [0.4, 0.5) is 5.69 Å². The van der Waals surface area contributed by atoms with Crippen molar-refractivity contribution in [1.29, 1.82) is 0 Å². The first-order chi connectivity index (χ1) is 15.9. The van der Waals surface area contributed by atoms with E-state index in [9.17, 15) is 14.9 Å². The van der Waals surface area contributed by atoms with E-state index in [0.717, 1.165) is 11.1 Å². The Kier molecular flexibility index (Phi) is 7.59. The third-order valence-electron chi connectivity index (χ3n) is 4.69. The number of carbonyl (C=O) groups is 1. The summed E-state index contributed by atoms with van der Waals surface area (Å²) in [6.45, 7) is 2.11. The molecule has 0 radical (unpaired) electrons. The minimum Gasteiger partial charge on any atom is -0.497 e. The highest BCUT2D eigenvalue weighted by molar-refractivity contribution is 5.95. The van der Waals surface area contributed by atoms with Gasteiger partial charge in [0.15, 0.2) is 5.75 Å². The van der Waals surface area contributed by atoms with E-state index in [2.05, 4.69) is 10.5 Å². The third-order valence-corrected chi connectivity index (χ3v) is 4.69. The summed E-state index contributed by atoms with van der Waals surface area (Å²) < 4.78 is 16.1. The van der Waals surface area contributed by atoms with Gasteiger partial charge in [0.25, 0.3) is 5.91 Å². The number of carbonyl (C=O) groups excluding carboxylic acids is 1. The van der Waals surface area contributed by atoms with Gasteiger partial charge < -0.3 is 14.2 Å². The summed E-state index contributed by atoms with van der Waals surface area (Å²) in [5, 5.41) is 15.6. The van der Waals surface area contributed by atoms with Crippen LogP contribution in [0.1, 0.15) is 27.0 Å². The lowest BCUT2D eigenvalue weighted by atomic mass is 10.1. The van der Waals surface area contributed by atoms with Crippen LogP contribution in [0, 0.1) is 17.0 Å². The fourth-order valence-corrected chi connectivity index (χ4v) is 2.95. The fraction of sp³-hybridized carbons (Fsp3) is 0.167. The number of rotatable bonds is 9. The predicted molar refractivity (Wildman–Crippen MR) is 123 cm³/mol. The molecule has 0 heterocycles. The average molecular weight is 449 g/mol. The Labute approximate surface area is 190 Å². The normalized spacial score (nSPS) is 10.6. The van der Waals surface area contributed by atoms with Crippen LogP contribution in [0.2, 0.25) is 0 Å². The first-order valence-corrected chi connectivity index (χ1v) is 9.93. The molecule has 170 valence electrons. The summed E-state index contributed by atoms with van der Waals surface area (Å²) in [4.78, 5) is 23.4. The number of hydrazone groups is 1. The Morgan fingerprint density at radius 1 is 1.09 bits per heavy atom. The SMILES string of the molecule is COc1cccc(C(=O)N/N=C/c2cc(OC)c(OCc3ccc(C)cc3)c([N+](=O)[O-])c2)c1. The summed E-state index contributed by atoms with van der Waals surface area (Å²) in [5.74, 6) is 0.274. The minimum absolute atomic E-state index is 0.0145. The molecule has 0 bridgehead atoms. The summed E-state index contributed by atoms with van der Waals surface area (Å²) in [6.07, 6.45) is 1.29. The number of ether oxygens (including phenoxy) is 3. The van der Waals surface area contributed by atoms with E-state index < -0.39 is 10.8 Å². The number of benzene rings is 3. The van der Waals surface area contributed by atoms with Crippen molar-refractivity contribution in [2.45, 2.75) is 13.5 Å². The molecule has 0 saturated carbocycles. The largest absolute Gasteiger partial charge is 0.497 e. The van der Waals surface area contributed by atoms with Gasteiger partial charge in [0.05, 0.1) is 25.4 Å². The zero-order chi connectivity index (χ0) is 23.8. The molecule has 0 aromatic heterocycles. The molecular weight excluding hydrogens is 426 g/mol. The summed E-state index contributed by atoms with van der Waals surface area (Å²) in [7, 11) is 2.90. The fourth-order valence-electron chi connectivity index (χ4n) is 2.95. The van der Waals surface area contributed by atoms with Crippen molar-refractivity contribution in [3.63, 3.8) is 0 Å². The number of aryl methyl sites for hydroxylation is 1. The van der Waals surface area contributed by atoms with Gasteiger partial charge in [-0.05, 0) is 36.8 Å². The first kappa shape index (κ1) is 23.3. The Hall–Kier alpha value is -4.40. The molecule has 1 N–H and O–H groups in total. The van der Waals surface area contributed by atoms with E-state index in [1.807, 2.05) is 31.2 Å². The number of nitrogens with zero attached hydrogens (tertiary/aromatic N) is 2. The van der Waals surface area contributed by atoms with Gasteiger partial charge in [0.2, 0.25) is 5.75 Å². The molecule has 1 amide bonds. The third kappa shape index (κ3) is 6.07. The summed E-state index contributed by atoms with van der Waals surface area (Å²) >= 11 is 0. The molecular formula is C24H23N3O6. The molecule has 0 atom stereocenters. The maximum Gasteiger partial charge on any atom is 0.315 e. The molecule has 0 spiro atoms. The van der Waals surface area contributed by atoms with Gasteiger partial charge in [-0.2, -0.15) is 5.10 Å². The van der Waals surface area contributed by atoms with Crippen LogP contribution in [0.15, 0.2) is 65.8 Å². The number of nitro benzene ring substituents is 1. The van der Waals surface area contributed by atoms with Gasteiger partial charge in [-0.1, -0.05) is 35.9 Å². The Balaban J connectivity index is 1.78. The van der Waals surface area contributed by atoms with E-state index in [1.165, 1.54) is 26.5 Å². The molecule has 3 aromatic carbocycles. The van der Waals surface area contributed by atoms with Crippen molar-refractivity contribution in [3.8, 4) is 17.2 Å². The highest BCUT2D eigenvalue weighted by Crippen LogP contribution is 2.38. The highest BCUT2D eigenvalue weighted by atomic mass is 16.6. The second-order valence-corrected chi connectivity index (χ2v) is 7.03. The topological polar surface area (TPSA) is 112 Å². The standard InChI is InChI=1S/C24H23N3O6/c1-16-7-9-17(10-8-16)15-33-23-21(27(29)30)11-18(12-22(23)32-3)14-25-26-24(28)19-5-4-6-20(13-19)31-2/h4-14H,15H2,1-3H3,(H,26,28)/b25-14+. The highest BCUT2D eigenvalue weighted by Gasteiger charge is 2.22. The van der Waals surface area contributed by atoms with Crippen molar-refractivity contribution in [2.24, 2.45) is 5.10 Å². The van der Waals surface area contributed by atoms with Gasteiger partial charge in [0.1, 0.15) is 12.4 Å². The minimum atomic E-state index is -0.556. The van der Waals surface area contributed by atoms with E-state index in [0.29, 0.717) is 16.9 Å². The number of nitrogens with one attached hydrogen (secondary N) is 1. The molecule has 9 heteroatoms. The second-order valence-electron chi connectivity index (χ2n) is 7.03. The van der Waals surface area contributed by atoms with Gasteiger partial charge in [-0.25, -0.2) is 5.43 Å². The Morgan fingerprint density at radius 2 is 1.85 bits per heavy atom. The van der Waals surface area contributed by atoms with E-state index in [-0.39, 0.29) is 23.8 Å². The van der Waals surface area contributed by atoms with Crippen molar-refractivity contribution < 1.29 is 23.9 Å². The van der Waals surface area contributed by atoms with E-state index >= 15 is 0 Å². The molecule has 33 heavy (non-hydrogen) atoms. The number of amides is 1. The number of nitro groups is 1. The number of methoxy groups -OCH3 is 2. The quantitative estimate of drug-likeness (QED) is 0.297. The maximum atomic E-state index is 12.3. The molecule has 3 rings (SSSR count). The maximum absolute atomic E-state index is 12.3. The van der Waals surface area contributed by atoms with Gasteiger partial charge in [-0.15, -0.1) is 0 Å². The molecule has 9 nitrogen and oxygen atoms in total. The molecule has 0 unspecified atom stereocenters. The lowest BCUT2D eigenvalue weighted by molar-refractivity contribution is -0.386. The molecule has 0 aliphatic heterocycles. The van der Waals surface area contributed by atoms with E-state index in [4.69, 9.17) is 14.2 Å². The average Bonchev–Trinajstić information content (AvgIpc) is 2.83. The molecule has 0 aliphatic carbocycles. The van der Waals surface area contributed by atoms with Crippen molar-refractivity contribution >= 4 is 17.8 Å². The first-order valence-electron chi connectivity index (χ1n) is 9.93. The van der Waals surface area contributed by atoms with Crippen molar-refractivity contribution in [1.82, 2.24) is 5.43 Å². The van der Waals surface area contributed by atoms with Crippen LogP contribution in [-0.2, 0) is 6.61 Å². The Morgan fingerprint density at radius 3 is 2.52 bits per heavy atom. The van der Waals surface area contributed by atoms with Gasteiger partial charge in [0, 0.05) is 17.2 Å². The van der Waals surface area contributed by atoms with Crippen LogP contribution in [0.3, 0.4) is 0 Å². The lowest BCUT2D eigenvalue weighted by Crippen LogP contribution is -2.17. The van der Waals surface area contributed by atoms with Crippen molar-refractivity contribution in [2.75, 3.05) is 14.2 Å². The second kappa shape index (κ2) is 10.8. The zero-order valence-electron chi connectivity index (χ0n) is 18.4. The Bertz CT molecular complexity index is 1180. The smallest absolute Gasteiger partial charge is 0.315 e. The van der Waals surface area contributed by atoms with Gasteiger partial charge >= 0.3 is 5.69 Å². The summed E-state index contributed by atoms with van der Waals surface area (Å²) in [5.41, 5.74) is 4.78. The monoisotopic (exact) mass is 449 g/mol. The van der Waals surface area contributed by atoms with Crippen LogP contribution in [0.5, 0.6) is 17.2 Å². The summed E-state index contributed by atoms with van der Waals surface area (Å²) in [6, 6.07) is 17.1. The molecule has 0 aliphatic rings. The van der Waals surface area contributed by atoms with Crippen LogP contribution >= 0.6 is 0 Å². The molecule has 0 saturated heterocycles.